The molecular formula is C30H4F50. The number of hydrogen-bond acceptors (Lipinski definition) is 0. The minimum absolute atomic E-state index is 2.08. The molecule has 0 saturated heterocycles. The van der Waals surface area contributed by atoms with E-state index in [4.69, 9.17) is 0 Å². The van der Waals surface area contributed by atoms with Gasteiger partial charge in [0, 0.05) is 11.1 Å². The first-order valence-electron chi connectivity index (χ1n) is 17.3. The highest BCUT2D eigenvalue weighted by Gasteiger charge is 3.02. The first-order valence-corrected chi connectivity index (χ1v) is 17.3. The topological polar surface area (TPSA) is 0 Å². The fraction of sp³-hybridized carbons (Fsp3) is 0.800. The van der Waals surface area contributed by atoms with E-state index in [9.17, 15) is 220 Å². The van der Waals surface area contributed by atoms with Crippen molar-refractivity contribution < 1.29 is 220 Å². The van der Waals surface area contributed by atoms with Crippen molar-refractivity contribution in [3.8, 4) is 0 Å². The van der Waals surface area contributed by atoms with Crippen LogP contribution in [0.15, 0.2) is 24.3 Å². The highest BCUT2D eigenvalue weighted by Crippen LogP contribution is 2.71. The first-order chi connectivity index (χ1) is 33.7. The second-order valence-electron chi connectivity index (χ2n) is 15.2. The molecule has 1 rings (SSSR count). The van der Waals surface area contributed by atoms with Crippen LogP contribution >= 0.6 is 0 Å². The number of benzene rings is 1. The van der Waals surface area contributed by atoms with E-state index >= 15 is 0 Å². The zero-order valence-electron chi connectivity index (χ0n) is 34.2. The molecule has 0 spiro atoms. The number of halogens is 50. The monoisotopic (exact) mass is 1310 g/mol. The summed E-state index contributed by atoms with van der Waals surface area (Å²) in [5, 5.41) is 0. The van der Waals surface area contributed by atoms with E-state index in [1.165, 1.54) is 0 Å². The molecule has 0 unspecified atom stereocenters. The highest BCUT2D eigenvalue weighted by atomic mass is 19.5. The van der Waals surface area contributed by atoms with Crippen molar-refractivity contribution in [1.29, 1.82) is 0 Å². The van der Waals surface area contributed by atoms with Crippen LogP contribution in [0.4, 0.5) is 220 Å². The van der Waals surface area contributed by atoms with Gasteiger partial charge in [0.15, 0.2) is 0 Å². The summed E-state index contributed by atoms with van der Waals surface area (Å²) in [7, 11) is 0. The van der Waals surface area contributed by atoms with Crippen LogP contribution in [0.2, 0.25) is 0 Å². The Morgan fingerprint density at radius 3 is 0.312 bits per heavy atom. The Bertz CT molecular complexity index is 2220. The SMILES string of the molecule is FC(F)(F)C(F)(F)C(F)(F)C(F)(F)C(F)(F)C(F)(F)C(F)(F)C(F)(F)C(F)(F)C(F)(F)C(F)(F)C(F)(F)c1ccc(C(F)(F)C(F)(F)C(F)(F)C(F)(F)C(F)(F)C(F)(F)C(F)(F)C(F)(F)C(F)(F)C(F)(F)C(F)(F)C(F)(F)F)cc1. The van der Waals surface area contributed by atoms with Crippen molar-refractivity contribution >= 4 is 0 Å². The van der Waals surface area contributed by atoms with Crippen molar-refractivity contribution in [2.45, 2.75) is 143 Å². The Labute approximate surface area is 398 Å². The van der Waals surface area contributed by atoms with Gasteiger partial charge in [-0.2, -0.15) is 220 Å². The lowest BCUT2D eigenvalue weighted by Crippen LogP contribution is -2.78. The van der Waals surface area contributed by atoms with Crippen molar-refractivity contribution in [1.82, 2.24) is 0 Å². The van der Waals surface area contributed by atoms with Gasteiger partial charge in [0.1, 0.15) is 0 Å². The summed E-state index contributed by atoms with van der Waals surface area (Å²) < 4.78 is 687. The first kappa shape index (κ1) is 73.7. The molecule has 0 aliphatic carbocycles. The van der Waals surface area contributed by atoms with Gasteiger partial charge in [0.05, 0.1) is 0 Å². The number of alkyl halides is 50. The summed E-state index contributed by atoms with van der Waals surface area (Å²) in [6.07, 6.45) is -17.0. The van der Waals surface area contributed by atoms with Gasteiger partial charge in [0.25, 0.3) is 0 Å². The zero-order chi connectivity index (χ0) is 66.0. The number of hydrogen-bond donors (Lipinski definition) is 0. The Morgan fingerprint density at radius 2 is 0.212 bits per heavy atom. The molecule has 0 aromatic heterocycles. The average Bonchev–Trinajstić information content (AvgIpc) is 3.23. The normalized spacial score (nSPS) is 17.1. The maximum atomic E-state index is 14.6. The van der Waals surface area contributed by atoms with E-state index in [1.54, 1.807) is 0 Å². The molecule has 0 aliphatic heterocycles. The third-order valence-corrected chi connectivity index (χ3v) is 10.2. The minimum atomic E-state index is -10.2. The van der Waals surface area contributed by atoms with Crippen LogP contribution < -0.4 is 0 Å². The van der Waals surface area contributed by atoms with Crippen molar-refractivity contribution in [3.05, 3.63) is 35.4 Å². The molecule has 0 aliphatic rings. The van der Waals surface area contributed by atoms with Gasteiger partial charge < -0.3 is 0 Å². The Hall–Kier alpha value is -4.28. The zero-order valence-corrected chi connectivity index (χ0v) is 34.2. The summed E-state index contributed by atoms with van der Waals surface area (Å²) >= 11 is 0. The van der Waals surface area contributed by atoms with Crippen LogP contribution in [0.25, 0.3) is 0 Å². The maximum absolute atomic E-state index is 14.6. The van der Waals surface area contributed by atoms with Gasteiger partial charge in [-0.15, -0.1) is 0 Å². The molecule has 50 heteroatoms. The van der Waals surface area contributed by atoms with Crippen LogP contribution in [0.3, 0.4) is 0 Å². The van der Waals surface area contributed by atoms with Crippen molar-refractivity contribution in [2.24, 2.45) is 0 Å². The third-order valence-electron chi connectivity index (χ3n) is 10.2. The molecular weight excluding hydrogens is 1310 g/mol. The summed E-state index contributed by atoms with van der Waals surface area (Å²) in [4.78, 5) is 0. The molecule has 0 bridgehead atoms. The Balaban J connectivity index is 4.07. The van der Waals surface area contributed by atoms with Crippen LogP contribution in [0, 0.1) is 0 Å². The largest absolute Gasteiger partial charge is 0.460 e. The van der Waals surface area contributed by atoms with E-state index in [0.29, 0.717) is 0 Å². The lowest BCUT2D eigenvalue weighted by molar-refractivity contribution is -0.482. The second kappa shape index (κ2) is 18.1. The standard InChI is InChI=1S/C30H4F50/c31-7(32,9(35,36)11(39,40)13(43,44)15(47,48)17(51,52)19(55,56)21(59,60)23(63,64)25(67,68)27(71,72)29(75,76)77)5-1-2-6(4-3-5)8(33,34)10(37,38)12(41,42)14(45,46)16(49,50)18(53,54)20(57,58)22(61,62)24(65,66)26(69,70)28(73,74)30(78,79)80/h1-4H. The summed E-state index contributed by atoms with van der Waals surface area (Å²) in [5.41, 5.74) is -8.05. The van der Waals surface area contributed by atoms with Gasteiger partial charge in [-0.1, -0.05) is 24.3 Å². The maximum Gasteiger partial charge on any atom is 0.460 e. The smallest absolute Gasteiger partial charge is 0.194 e. The van der Waals surface area contributed by atoms with E-state index in [2.05, 4.69) is 0 Å². The lowest BCUT2D eigenvalue weighted by Gasteiger charge is -2.45. The molecule has 80 heavy (non-hydrogen) atoms. The van der Waals surface area contributed by atoms with Gasteiger partial charge in [-0.3, -0.25) is 0 Å². The van der Waals surface area contributed by atoms with E-state index in [-0.39, 0.29) is 0 Å². The predicted octanol–water partition coefficient (Wildman–Crippen LogP) is 17.7. The molecule has 1 aromatic rings. The molecule has 0 saturated carbocycles. The van der Waals surface area contributed by atoms with Gasteiger partial charge in [0.2, 0.25) is 0 Å². The molecule has 474 valence electrons. The molecule has 0 heterocycles. The molecule has 0 atom stereocenters. The molecule has 0 N–H and O–H groups in total. The fourth-order valence-corrected chi connectivity index (χ4v) is 5.16. The van der Waals surface area contributed by atoms with Crippen LogP contribution in [0.1, 0.15) is 11.1 Å². The van der Waals surface area contributed by atoms with Gasteiger partial charge in [-0.05, 0) is 0 Å². The molecule has 1 aromatic carbocycles. The highest BCUT2D eigenvalue weighted by molar-refractivity contribution is 5.34. The molecule has 0 nitrogen and oxygen atoms in total. The van der Waals surface area contributed by atoms with Crippen LogP contribution in [0.5, 0.6) is 0 Å². The molecule has 0 radical (unpaired) electrons. The van der Waals surface area contributed by atoms with Crippen LogP contribution in [-0.4, -0.2) is 131 Å². The minimum Gasteiger partial charge on any atom is -0.194 e. The Kier molecular flexibility index (Phi) is 16.7. The fourth-order valence-electron chi connectivity index (χ4n) is 5.16. The molecule has 0 fully saturated rings. The van der Waals surface area contributed by atoms with Gasteiger partial charge in [-0.25, -0.2) is 0 Å². The van der Waals surface area contributed by atoms with E-state index < -0.39 is 178 Å². The van der Waals surface area contributed by atoms with Gasteiger partial charge >= 0.3 is 143 Å². The number of rotatable bonds is 22. The van der Waals surface area contributed by atoms with E-state index in [1.807, 2.05) is 0 Å². The third kappa shape index (κ3) is 8.38. The van der Waals surface area contributed by atoms with Crippen LogP contribution in [-0.2, 0) is 11.8 Å². The van der Waals surface area contributed by atoms with Crippen molar-refractivity contribution in [2.75, 3.05) is 0 Å². The Morgan fingerprint density at radius 1 is 0.125 bits per heavy atom. The van der Waals surface area contributed by atoms with Crippen molar-refractivity contribution in [3.63, 3.8) is 0 Å². The lowest BCUT2D eigenvalue weighted by atomic mass is 9.83. The molecule has 0 amide bonds. The summed E-state index contributed by atoms with van der Waals surface area (Å²) in [6, 6.07) is -8.33. The quantitative estimate of drug-likeness (QED) is 0.102. The average molecular weight is 1310 g/mol. The summed E-state index contributed by atoms with van der Waals surface area (Å²) in [5.74, 6) is -212. The predicted molar refractivity (Wildman–Crippen MR) is 145 cm³/mol. The summed E-state index contributed by atoms with van der Waals surface area (Å²) in [6.45, 7) is 0. The second-order valence-corrected chi connectivity index (χ2v) is 15.2. The van der Waals surface area contributed by atoms with E-state index in [0.717, 1.165) is 0 Å².